The van der Waals surface area contributed by atoms with Crippen LogP contribution in [0.4, 0.5) is 4.79 Å². The van der Waals surface area contributed by atoms with Gasteiger partial charge in [-0.15, -0.1) is 31.8 Å². The standard InChI is InChI=1S/C11H19ClN2O9/c1-9(12)10(5-4-8-22-14(18)19)23-11(15)20-6-2-3-7-21-13(16)17/h9-10H,2-8H2,1H3. The maximum atomic E-state index is 11.5. The Morgan fingerprint density at radius 1 is 1.04 bits per heavy atom. The second kappa shape index (κ2) is 12.5. The molecule has 23 heavy (non-hydrogen) atoms. The third kappa shape index (κ3) is 13.4. The molecule has 0 aliphatic heterocycles. The molecule has 0 aromatic rings. The summed E-state index contributed by atoms with van der Waals surface area (Å²) in [5.41, 5.74) is 0. The molecule has 0 aliphatic rings. The lowest BCUT2D eigenvalue weighted by Crippen LogP contribution is -2.27. The van der Waals surface area contributed by atoms with Gasteiger partial charge < -0.3 is 19.1 Å². The molecule has 12 heteroatoms. The van der Waals surface area contributed by atoms with E-state index in [9.17, 15) is 25.0 Å². The van der Waals surface area contributed by atoms with Gasteiger partial charge in [0.1, 0.15) is 6.10 Å². The average molecular weight is 359 g/mol. The maximum absolute atomic E-state index is 11.5. The van der Waals surface area contributed by atoms with E-state index < -0.39 is 27.8 Å². The molecule has 0 aromatic heterocycles. The summed E-state index contributed by atoms with van der Waals surface area (Å²) < 4.78 is 9.80. The summed E-state index contributed by atoms with van der Waals surface area (Å²) in [4.78, 5) is 39.6. The first-order valence-corrected chi connectivity index (χ1v) is 7.28. The first-order chi connectivity index (χ1) is 10.8. The summed E-state index contributed by atoms with van der Waals surface area (Å²) in [6.45, 7) is 1.43. The molecule has 0 rings (SSSR count). The van der Waals surface area contributed by atoms with Crippen molar-refractivity contribution in [1.82, 2.24) is 0 Å². The third-order valence-electron chi connectivity index (χ3n) is 2.54. The Morgan fingerprint density at radius 3 is 2.09 bits per heavy atom. The predicted octanol–water partition coefficient (Wildman–Crippen LogP) is 2.11. The Bertz CT molecular complexity index is 381. The molecule has 11 nitrogen and oxygen atoms in total. The number of hydrogen-bond acceptors (Lipinski definition) is 9. The zero-order chi connectivity index (χ0) is 17.7. The van der Waals surface area contributed by atoms with E-state index in [1.807, 2.05) is 0 Å². The minimum absolute atomic E-state index is 0.0216. The van der Waals surface area contributed by atoms with Crippen molar-refractivity contribution in [1.29, 1.82) is 0 Å². The van der Waals surface area contributed by atoms with E-state index in [0.717, 1.165) is 0 Å². The highest BCUT2D eigenvalue weighted by atomic mass is 35.5. The van der Waals surface area contributed by atoms with Crippen LogP contribution < -0.4 is 0 Å². The molecule has 0 heterocycles. The van der Waals surface area contributed by atoms with Gasteiger partial charge in [0, 0.05) is 0 Å². The van der Waals surface area contributed by atoms with Gasteiger partial charge in [0.25, 0.3) is 10.2 Å². The van der Waals surface area contributed by atoms with Crippen molar-refractivity contribution in [2.45, 2.75) is 44.1 Å². The van der Waals surface area contributed by atoms with Crippen molar-refractivity contribution < 1.29 is 34.1 Å². The van der Waals surface area contributed by atoms with Crippen LogP contribution in [0.2, 0.25) is 0 Å². The van der Waals surface area contributed by atoms with Gasteiger partial charge in [0.2, 0.25) is 0 Å². The topological polar surface area (TPSA) is 140 Å². The van der Waals surface area contributed by atoms with Crippen LogP contribution in [0.1, 0.15) is 32.6 Å². The fraction of sp³-hybridized carbons (Fsp3) is 0.909. The zero-order valence-corrected chi connectivity index (χ0v) is 13.3. The van der Waals surface area contributed by atoms with E-state index in [1.165, 1.54) is 0 Å². The van der Waals surface area contributed by atoms with Gasteiger partial charge >= 0.3 is 6.16 Å². The molecule has 0 fully saturated rings. The first-order valence-electron chi connectivity index (χ1n) is 6.85. The van der Waals surface area contributed by atoms with Gasteiger partial charge in [-0.2, -0.15) is 0 Å². The van der Waals surface area contributed by atoms with Crippen LogP contribution in [0.25, 0.3) is 0 Å². The monoisotopic (exact) mass is 358 g/mol. The van der Waals surface area contributed by atoms with Gasteiger partial charge in [0.15, 0.2) is 0 Å². The fourth-order valence-corrected chi connectivity index (χ4v) is 1.64. The lowest BCUT2D eigenvalue weighted by molar-refractivity contribution is -0.757. The van der Waals surface area contributed by atoms with E-state index >= 15 is 0 Å². The average Bonchev–Trinajstić information content (AvgIpc) is 2.45. The van der Waals surface area contributed by atoms with Crippen molar-refractivity contribution in [3.63, 3.8) is 0 Å². The Morgan fingerprint density at radius 2 is 1.57 bits per heavy atom. The van der Waals surface area contributed by atoms with Crippen LogP contribution in [0.5, 0.6) is 0 Å². The maximum Gasteiger partial charge on any atom is 0.508 e. The van der Waals surface area contributed by atoms with Crippen LogP contribution in [0.15, 0.2) is 0 Å². The zero-order valence-electron chi connectivity index (χ0n) is 12.6. The van der Waals surface area contributed by atoms with Gasteiger partial charge in [-0.1, -0.05) is 0 Å². The van der Waals surface area contributed by atoms with Gasteiger partial charge in [-0.3, -0.25) is 0 Å². The molecule has 0 aromatic carbocycles. The van der Waals surface area contributed by atoms with E-state index in [-0.39, 0.29) is 32.7 Å². The Kier molecular flexibility index (Phi) is 11.4. The predicted molar refractivity (Wildman–Crippen MR) is 75.9 cm³/mol. The number of hydrogen-bond donors (Lipinski definition) is 0. The number of alkyl halides is 1. The van der Waals surface area contributed by atoms with Crippen molar-refractivity contribution in [3.05, 3.63) is 20.2 Å². The summed E-state index contributed by atoms with van der Waals surface area (Å²) in [5, 5.41) is 17.6. The summed E-state index contributed by atoms with van der Waals surface area (Å²) in [5.74, 6) is 0. The van der Waals surface area contributed by atoms with E-state index in [2.05, 4.69) is 9.68 Å². The minimum Gasteiger partial charge on any atom is -0.434 e. The molecule has 2 atom stereocenters. The summed E-state index contributed by atoms with van der Waals surface area (Å²) in [6.07, 6.45) is -0.300. The summed E-state index contributed by atoms with van der Waals surface area (Å²) in [7, 11) is 0. The Balaban J connectivity index is 3.83. The number of nitrogens with zero attached hydrogens (tertiary/aromatic N) is 2. The molecule has 134 valence electrons. The van der Waals surface area contributed by atoms with Crippen molar-refractivity contribution in [2.24, 2.45) is 0 Å². The van der Waals surface area contributed by atoms with Gasteiger partial charge in [-0.25, -0.2) is 4.79 Å². The van der Waals surface area contributed by atoms with Gasteiger partial charge in [-0.05, 0) is 32.6 Å². The molecule has 0 aliphatic carbocycles. The number of unbranched alkanes of at least 4 members (excludes halogenated alkanes) is 1. The number of rotatable bonds is 13. The molecule has 0 spiro atoms. The molecule has 0 bridgehead atoms. The Labute approximate surface area is 137 Å². The van der Waals surface area contributed by atoms with Crippen LogP contribution in [0, 0.1) is 20.2 Å². The highest BCUT2D eigenvalue weighted by Gasteiger charge is 2.20. The summed E-state index contributed by atoms with van der Waals surface area (Å²) in [6, 6.07) is 0. The van der Waals surface area contributed by atoms with Crippen LogP contribution >= 0.6 is 11.6 Å². The number of ether oxygens (including phenoxy) is 2. The van der Waals surface area contributed by atoms with E-state index in [0.29, 0.717) is 12.8 Å². The highest BCUT2D eigenvalue weighted by Crippen LogP contribution is 2.14. The third-order valence-corrected chi connectivity index (χ3v) is 2.83. The Hall–Kier alpha value is -2.04. The number of carbonyl (C=O) groups is 1. The van der Waals surface area contributed by atoms with Crippen molar-refractivity contribution >= 4 is 17.8 Å². The van der Waals surface area contributed by atoms with E-state index in [4.69, 9.17) is 21.1 Å². The number of halogens is 1. The lowest BCUT2D eigenvalue weighted by Gasteiger charge is -2.19. The second-order valence-electron chi connectivity index (χ2n) is 4.40. The van der Waals surface area contributed by atoms with Crippen molar-refractivity contribution in [2.75, 3.05) is 19.8 Å². The molecule has 0 amide bonds. The molecule has 0 saturated carbocycles. The molecule has 0 N–H and O–H groups in total. The van der Waals surface area contributed by atoms with Crippen LogP contribution in [-0.4, -0.2) is 47.6 Å². The van der Waals surface area contributed by atoms with Crippen LogP contribution in [-0.2, 0) is 19.1 Å². The normalized spacial score (nSPS) is 12.8. The van der Waals surface area contributed by atoms with E-state index in [1.54, 1.807) is 6.92 Å². The number of carbonyl (C=O) groups excluding carboxylic acids is 1. The van der Waals surface area contributed by atoms with Crippen LogP contribution in [0.3, 0.4) is 0 Å². The minimum atomic E-state index is -0.923. The summed E-state index contributed by atoms with van der Waals surface area (Å²) >= 11 is 5.87. The fourth-order valence-electron chi connectivity index (χ4n) is 1.46. The molecular formula is C11H19ClN2O9. The van der Waals surface area contributed by atoms with Crippen molar-refractivity contribution in [3.8, 4) is 0 Å². The quantitative estimate of drug-likeness (QED) is 0.159. The smallest absolute Gasteiger partial charge is 0.434 e. The molecular weight excluding hydrogens is 340 g/mol. The largest absolute Gasteiger partial charge is 0.508 e. The molecule has 0 radical (unpaired) electrons. The SMILES string of the molecule is CC(Cl)C(CCCO[N+](=O)[O-])OC(=O)OCCCCO[N+](=O)[O-]. The second-order valence-corrected chi connectivity index (χ2v) is 5.08. The lowest BCUT2D eigenvalue weighted by atomic mass is 10.1. The molecule has 2 unspecified atom stereocenters. The molecule has 0 saturated heterocycles. The first kappa shape index (κ1) is 21.0. The van der Waals surface area contributed by atoms with Gasteiger partial charge in [0.05, 0.1) is 25.2 Å². The highest BCUT2D eigenvalue weighted by molar-refractivity contribution is 6.20.